The molecular formula is C14H20N4. The SMILES string of the molecule is Cc1nc(NCCCN(C)C)c2ccccc2n1. The number of anilines is 1. The van der Waals surface area contributed by atoms with E-state index in [1.165, 1.54) is 0 Å². The van der Waals surface area contributed by atoms with Crippen molar-refractivity contribution in [2.45, 2.75) is 13.3 Å². The Kier molecular flexibility index (Phi) is 4.10. The van der Waals surface area contributed by atoms with Gasteiger partial charge in [-0.3, -0.25) is 0 Å². The first-order valence-corrected chi connectivity index (χ1v) is 6.29. The van der Waals surface area contributed by atoms with Crippen LogP contribution in [0.5, 0.6) is 0 Å². The minimum Gasteiger partial charge on any atom is -0.369 e. The van der Waals surface area contributed by atoms with Gasteiger partial charge in [-0.1, -0.05) is 12.1 Å². The van der Waals surface area contributed by atoms with E-state index in [9.17, 15) is 0 Å². The maximum absolute atomic E-state index is 4.48. The molecule has 0 spiro atoms. The summed E-state index contributed by atoms with van der Waals surface area (Å²) in [5.74, 6) is 1.75. The second-order valence-electron chi connectivity index (χ2n) is 4.72. The van der Waals surface area contributed by atoms with Crippen molar-refractivity contribution in [3.63, 3.8) is 0 Å². The lowest BCUT2D eigenvalue weighted by molar-refractivity contribution is 0.405. The van der Waals surface area contributed by atoms with Gasteiger partial charge in [0.15, 0.2) is 0 Å². The number of fused-ring (bicyclic) bond motifs is 1. The standard InChI is InChI=1S/C14H20N4/c1-11-16-13-8-5-4-7-12(13)14(17-11)15-9-6-10-18(2)3/h4-5,7-8H,6,9-10H2,1-3H3,(H,15,16,17). The molecule has 0 bridgehead atoms. The summed E-state index contributed by atoms with van der Waals surface area (Å²) in [7, 11) is 4.18. The van der Waals surface area contributed by atoms with Crippen LogP contribution in [-0.4, -0.2) is 42.1 Å². The molecule has 0 aliphatic heterocycles. The third-order valence-electron chi connectivity index (χ3n) is 2.79. The maximum Gasteiger partial charge on any atom is 0.137 e. The monoisotopic (exact) mass is 244 g/mol. The Morgan fingerprint density at radius 1 is 1.17 bits per heavy atom. The molecule has 0 atom stereocenters. The Balaban J connectivity index is 2.12. The summed E-state index contributed by atoms with van der Waals surface area (Å²) in [6.45, 7) is 3.94. The van der Waals surface area contributed by atoms with Crippen LogP contribution in [-0.2, 0) is 0 Å². The molecule has 0 amide bonds. The van der Waals surface area contributed by atoms with Crippen LogP contribution in [0.4, 0.5) is 5.82 Å². The van der Waals surface area contributed by atoms with Crippen LogP contribution < -0.4 is 5.32 Å². The Bertz CT molecular complexity index is 522. The van der Waals surface area contributed by atoms with Crippen LogP contribution in [0.1, 0.15) is 12.2 Å². The molecule has 1 aromatic carbocycles. The smallest absolute Gasteiger partial charge is 0.137 e. The molecule has 18 heavy (non-hydrogen) atoms. The molecule has 2 rings (SSSR count). The van der Waals surface area contributed by atoms with Gasteiger partial charge in [0.05, 0.1) is 5.52 Å². The largest absolute Gasteiger partial charge is 0.369 e. The highest BCUT2D eigenvalue weighted by atomic mass is 15.1. The van der Waals surface area contributed by atoms with Crippen molar-refractivity contribution in [1.82, 2.24) is 14.9 Å². The zero-order chi connectivity index (χ0) is 13.0. The Morgan fingerprint density at radius 3 is 2.72 bits per heavy atom. The predicted molar refractivity (Wildman–Crippen MR) is 75.9 cm³/mol. The molecule has 0 aliphatic carbocycles. The van der Waals surface area contributed by atoms with Gasteiger partial charge < -0.3 is 10.2 Å². The fourth-order valence-electron chi connectivity index (χ4n) is 1.93. The molecule has 0 radical (unpaired) electrons. The van der Waals surface area contributed by atoms with Gasteiger partial charge in [0.25, 0.3) is 0 Å². The lowest BCUT2D eigenvalue weighted by Gasteiger charge is -2.12. The molecule has 4 nitrogen and oxygen atoms in total. The highest BCUT2D eigenvalue weighted by Gasteiger charge is 2.04. The summed E-state index contributed by atoms with van der Waals surface area (Å²) in [4.78, 5) is 11.1. The molecule has 96 valence electrons. The Hall–Kier alpha value is -1.68. The molecule has 0 unspecified atom stereocenters. The van der Waals surface area contributed by atoms with Gasteiger partial charge in [-0.15, -0.1) is 0 Å². The van der Waals surface area contributed by atoms with Gasteiger partial charge in [0.2, 0.25) is 0 Å². The number of benzene rings is 1. The van der Waals surface area contributed by atoms with Crippen molar-refractivity contribution in [3.05, 3.63) is 30.1 Å². The Morgan fingerprint density at radius 2 is 1.94 bits per heavy atom. The number of aromatic nitrogens is 2. The third kappa shape index (κ3) is 3.17. The van der Waals surface area contributed by atoms with Crippen molar-refractivity contribution in [1.29, 1.82) is 0 Å². The van der Waals surface area contributed by atoms with Gasteiger partial charge in [-0.25, -0.2) is 9.97 Å². The molecule has 1 N–H and O–H groups in total. The van der Waals surface area contributed by atoms with E-state index in [2.05, 4.69) is 40.3 Å². The number of para-hydroxylation sites is 1. The first kappa shape index (κ1) is 12.8. The molecular weight excluding hydrogens is 224 g/mol. The van der Waals surface area contributed by atoms with Crippen LogP contribution >= 0.6 is 0 Å². The summed E-state index contributed by atoms with van der Waals surface area (Å²) in [6.07, 6.45) is 1.10. The summed E-state index contributed by atoms with van der Waals surface area (Å²) in [5.41, 5.74) is 1.00. The average molecular weight is 244 g/mol. The zero-order valence-electron chi connectivity index (χ0n) is 11.3. The first-order chi connectivity index (χ1) is 8.66. The zero-order valence-corrected chi connectivity index (χ0v) is 11.3. The summed E-state index contributed by atoms with van der Waals surface area (Å²) >= 11 is 0. The molecule has 1 heterocycles. The number of hydrogen-bond donors (Lipinski definition) is 1. The van der Waals surface area contributed by atoms with Crippen LogP contribution in [0.2, 0.25) is 0 Å². The fraction of sp³-hybridized carbons (Fsp3) is 0.429. The molecule has 0 saturated carbocycles. The van der Waals surface area contributed by atoms with Crippen LogP contribution in [0.15, 0.2) is 24.3 Å². The van der Waals surface area contributed by atoms with Crippen LogP contribution in [0.25, 0.3) is 10.9 Å². The van der Waals surface area contributed by atoms with E-state index in [0.29, 0.717) is 0 Å². The predicted octanol–water partition coefficient (Wildman–Crippen LogP) is 2.30. The number of hydrogen-bond acceptors (Lipinski definition) is 4. The van der Waals surface area contributed by atoms with E-state index in [0.717, 1.165) is 42.1 Å². The normalized spacial score (nSPS) is 11.1. The van der Waals surface area contributed by atoms with E-state index in [1.54, 1.807) is 0 Å². The molecule has 0 fully saturated rings. The second kappa shape index (κ2) is 5.78. The van der Waals surface area contributed by atoms with Gasteiger partial charge in [-0.2, -0.15) is 0 Å². The maximum atomic E-state index is 4.48. The van der Waals surface area contributed by atoms with Gasteiger partial charge >= 0.3 is 0 Å². The van der Waals surface area contributed by atoms with Gasteiger partial charge in [0, 0.05) is 11.9 Å². The van der Waals surface area contributed by atoms with E-state index in [4.69, 9.17) is 0 Å². The van der Waals surface area contributed by atoms with Gasteiger partial charge in [-0.05, 0) is 46.1 Å². The van der Waals surface area contributed by atoms with Crippen molar-refractivity contribution in [2.75, 3.05) is 32.5 Å². The number of rotatable bonds is 5. The summed E-state index contributed by atoms with van der Waals surface area (Å²) in [6, 6.07) is 8.11. The minimum absolute atomic E-state index is 0.809. The van der Waals surface area contributed by atoms with Crippen molar-refractivity contribution < 1.29 is 0 Å². The molecule has 1 aromatic heterocycles. The van der Waals surface area contributed by atoms with Gasteiger partial charge in [0.1, 0.15) is 11.6 Å². The fourth-order valence-corrected chi connectivity index (χ4v) is 1.93. The lowest BCUT2D eigenvalue weighted by Crippen LogP contribution is -2.16. The lowest BCUT2D eigenvalue weighted by atomic mass is 10.2. The summed E-state index contributed by atoms with van der Waals surface area (Å²) in [5, 5.41) is 4.50. The van der Waals surface area contributed by atoms with E-state index in [-0.39, 0.29) is 0 Å². The number of aryl methyl sites for hydroxylation is 1. The average Bonchev–Trinajstić information content (AvgIpc) is 2.34. The molecule has 0 aliphatic rings. The third-order valence-corrected chi connectivity index (χ3v) is 2.79. The topological polar surface area (TPSA) is 41.1 Å². The number of nitrogens with one attached hydrogen (secondary N) is 1. The quantitative estimate of drug-likeness (QED) is 0.819. The van der Waals surface area contributed by atoms with E-state index in [1.807, 2.05) is 25.1 Å². The van der Waals surface area contributed by atoms with Crippen molar-refractivity contribution in [3.8, 4) is 0 Å². The van der Waals surface area contributed by atoms with E-state index < -0.39 is 0 Å². The highest BCUT2D eigenvalue weighted by Crippen LogP contribution is 2.19. The minimum atomic E-state index is 0.809. The van der Waals surface area contributed by atoms with Crippen LogP contribution in [0.3, 0.4) is 0 Å². The molecule has 4 heteroatoms. The highest BCUT2D eigenvalue weighted by molar-refractivity contribution is 5.88. The first-order valence-electron chi connectivity index (χ1n) is 6.29. The van der Waals surface area contributed by atoms with Crippen LogP contribution in [0, 0.1) is 6.92 Å². The summed E-state index contributed by atoms with van der Waals surface area (Å²) < 4.78 is 0. The Labute approximate surface area is 108 Å². The molecule has 2 aromatic rings. The van der Waals surface area contributed by atoms with Crippen molar-refractivity contribution >= 4 is 16.7 Å². The second-order valence-corrected chi connectivity index (χ2v) is 4.72. The molecule has 0 saturated heterocycles. The van der Waals surface area contributed by atoms with Crippen molar-refractivity contribution in [2.24, 2.45) is 0 Å². The number of nitrogens with zero attached hydrogens (tertiary/aromatic N) is 3. The van der Waals surface area contributed by atoms with E-state index >= 15 is 0 Å².